The van der Waals surface area contributed by atoms with E-state index in [1.54, 1.807) is 6.07 Å². The fourth-order valence-electron chi connectivity index (χ4n) is 1.77. The highest BCUT2D eigenvalue weighted by atomic mass is 35.5. The average molecular weight is 310 g/mol. The topological polar surface area (TPSA) is 21.3 Å². The van der Waals surface area contributed by atoms with Crippen LogP contribution in [0.3, 0.4) is 0 Å². The van der Waals surface area contributed by atoms with E-state index in [1.165, 1.54) is 0 Å². The van der Waals surface area contributed by atoms with Crippen LogP contribution in [0.5, 0.6) is 11.5 Å². The molecule has 0 spiro atoms. The number of ether oxygens (including phenoxy) is 1. The Morgan fingerprint density at radius 1 is 1.10 bits per heavy atom. The number of benzene rings is 2. The van der Waals surface area contributed by atoms with Gasteiger partial charge in [-0.2, -0.15) is 0 Å². The first kappa shape index (κ1) is 15.2. The van der Waals surface area contributed by atoms with Gasteiger partial charge in [-0.15, -0.1) is 0 Å². The largest absolute Gasteiger partial charge is 0.455 e. The molecule has 0 bridgehead atoms. The molecule has 0 unspecified atom stereocenters. The summed E-state index contributed by atoms with van der Waals surface area (Å²) in [6.07, 6.45) is 0. The Morgan fingerprint density at radius 2 is 1.85 bits per heavy atom. The Bertz CT molecular complexity index is 584. The predicted octanol–water partition coefficient (Wildman–Crippen LogP) is 5.28. The lowest BCUT2D eigenvalue weighted by Crippen LogP contribution is -2.22. The molecule has 0 heterocycles. The van der Waals surface area contributed by atoms with Gasteiger partial charge in [-0.3, -0.25) is 0 Å². The molecular formula is C16H17Cl2NO. The second kappa shape index (κ2) is 6.98. The Hall–Kier alpha value is -1.22. The van der Waals surface area contributed by atoms with E-state index in [2.05, 4.69) is 19.2 Å². The van der Waals surface area contributed by atoms with E-state index < -0.39 is 0 Å². The van der Waals surface area contributed by atoms with E-state index in [0.29, 0.717) is 34.1 Å². The summed E-state index contributed by atoms with van der Waals surface area (Å²) in [6, 6.07) is 13.4. The van der Waals surface area contributed by atoms with Gasteiger partial charge < -0.3 is 10.1 Å². The van der Waals surface area contributed by atoms with Crippen LogP contribution in [0.15, 0.2) is 42.5 Å². The molecule has 0 saturated carbocycles. The Morgan fingerprint density at radius 3 is 2.55 bits per heavy atom. The van der Waals surface area contributed by atoms with Crippen molar-refractivity contribution >= 4 is 23.2 Å². The van der Waals surface area contributed by atoms with Crippen molar-refractivity contribution in [1.29, 1.82) is 0 Å². The van der Waals surface area contributed by atoms with Crippen molar-refractivity contribution in [2.75, 3.05) is 0 Å². The minimum Gasteiger partial charge on any atom is -0.455 e. The second-order valence-corrected chi connectivity index (χ2v) is 5.67. The van der Waals surface area contributed by atoms with E-state index in [9.17, 15) is 0 Å². The van der Waals surface area contributed by atoms with Gasteiger partial charge >= 0.3 is 0 Å². The van der Waals surface area contributed by atoms with Crippen molar-refractivity contribution in [3.63, 3.8) is 0 Å². The highest BCUT2D eigenvalue weighted by Crippen LogP contribution is 2.33. The van der Waals surface area contributed by atoms with Crippen LogP contribution in [0.4, 0.5) is 0 Å². The normalized spacial score (nSPS) is 10.8. The molecule has 2 nitrogen and oxygen atoms in total. The number of hydrogen-bond donors (Lipinski definition) is 1. The lowest BCUT2D eigenvalue weighted by Gasteiger charge is -2.15. The summed E-state index contributed by atoms with van der Waals surface area (Å²) in [4.78, 5) is 0. The van der Waals surface area contributed by atoms with E-state index >= 15 is 0 Å². The summed E-state index contributed by atoms with van der Waals surface area (Å²) < 4.78 is 5.90. The molecule has 4 heteroatoms. The Balaban J connectivity index is 2.25. The van der Waals surface area contributed by atoms with Gasteiger partial charge in [0.05, 0.1) is 5.02 Å². The van der Waals surface area contributed by atoms with E-state index in [0.717, 1.165) is 5.56 Å². The minimum absolute atomic E-state index is 0.396. The van der Waals surface area contributed by atoms with Crippen LogP contribution in [0.1, 0.15) is 19.4 Å². The number of nitrogens with one attached hydrogen (secondary N) is 1. The maximum atomic E-state index is 6.25. The third-order valence-electron chi connectivity index (χ3n) is 2.77. The van der Waals surface area contributed by atoms with Crippen molar-refractivity contribution in [2.45, 2.75) is 26.4 Å². The molecule has 0 fully saturated rings. The smallest absolute Gasteiger partial charge is 0.150 e. The van der Waals surface area contributed by atoms with Crippen molar-refractivity contribution in [1.82, 2.24) is 5.32 Å². The van der Waals surface area contributed by atoms with Gasteiger partial charge in [0.2, 0.25) is 0 Å². The van der Waals surface area contributed by atoms with E-state index in [4.69, 9.17) is 27.9 Å². The van der Waals surface area contributed by atoms with Gasteiger partial charge in [0, 0.05) is 23.2 Å². The monoisotopic (exact) mass is 309 g/mol. The van der Waals surface area contributed by atoms with Crippen molar-refractivity contribution in [2.24, 2.45) is 0 Å². The molecule has 2 aromatic carbocycles. The van der Waals surface area contributed by atoms with Gasteiger partial charge in [-0.05, 0) is 24.3 Å². The molecule has 0 radical (unpaired) electrons. The van der Waals surface area contributed by atoms with Crippen molar-refractivity contribution in [3.05, 3.63) is 58.1 Å². The molecule has 20 heavy (non-hydrogen) atoms. The quantitative estimate of drug-likeness (QED) is 0.811. The highest BCUT2D eigenvalue weighted by Gasteiger charge is 2.10. The van der Waals surface area contributed by atoms with Crippen molar-refractivity contribution in [3.8, 4) is 11.5 Å². The molecule has 0 aliphatic heterocycles. The first-order chi connectivity index (χ1) is 9.56. The summed E-state index contributed by atoms with van der Waals surface area (Å²) in [6.45, 7) is 4.90. The van der Waals surface area contributed by atoms with Crippen LogP contribution in [0, 0.1) is 0 Å². The van der Waals surface area contributed by atoms with Crippen LogP contribution in [0.2, 0.25) is 10.0 Å². The van der Waals surface area contributed by atoms with Gasteiger partial charge in [-0.1, -0.05) is 55.2 Å². The average Bonchev–Trinajstić information content (AvgIpc) is 2.39. The third kappa shape index (κ3) is 4.14. The molecule has 2 rings (SSSR count). The number of rotatable bonds is 5. The summed E-state index contributed by atoms with van der Waals surface area (Å²) >= 11 is 12.2. The van der Waals surface area contributed by atoms with Gasteiger partial charge in [0.15, 0.2) is 0 Å². The minimum atomic E-state index is 0.396. The van der Waals surface area contributed by atoms with E-state index in [-0.39, 0.29) is 0 Å². The van der Waals surface area contributed by atoms with Gasteiger partial charge in [0.1, 0.15) is 11.5 Å². The predicted molar refractivity (Wildman–Crippen MR) is 85.0 cm³/mol. The van der Waals surface area contributed by atoms with Crippen LogP contribution >= 0.6 is 23.2 Å². The van der Waals surface area contributed by atoms with Gasteiger partial charge in [-0.25, -0.2) is 0 Å². The Kier molecular flexibility index (Phi) is 5.30. The molecule has 2 aromatic rings. The number of hydrogen-bond acceptors (Lipinski definition) is 2. The van der Waals surface area contributed by atoms with Crippen LogP contribution in [0.25, 0.3) is 0 Å². The fourth-order valence-corrected chi connectivity index (χ4v) is 2.18. The van der Waals surface area contributed by atoms with Crippen molar-refractivity contribution < 1.29 is 4.74 Å². The second-order valence-electron chi connectivity index (χ2n) is 4.82. The third-order valence-corrected chi connectivity index (χ3v) is 3.30. The maximum Gasteiger partial charge on any atom is 0.150 e. The standard InChI is InChI=1S/C16H17Cl2NO/c1-11(2)19-10-12-5-3-8-15(18)16(12)20-14-7-4-6-13(17)9-14/h3-9,11,19H,10H2,1-2H3. The maximum absolute atomic E-state index is 6.25. The van der Waals surface area contributed by atoms with Gasteiger partial charge in [0.25, 0.3) is 0 Å². The molecule has 106 valence electrons. The summed E-state index contributed by atoms with van der Waals surface area (Å²) in [5.74, 6) is 1.35. The van der Waals surface area contributed by atoms with Crippen LogP contribution in [-0.2, 0) is 6.54 Å². The van der Waals surface area contributed by atoms with Crippen LogP contribution in [-0.4, -0.2) is 6.04 Å². The molecule has 0 aliphatic carbocycles. The molecule has 1 N–H and O–H groups in total. The fraction of sp³-hybridized carbons (Fsp3) is 0.250. The number of halogens is 2. The number of para-hydroxylation sites is 1. The molecule has 0 atom stereocenters. The molecule has 0 amide bonds. The SMILES string of the molecule is CC(C)NCc1cccc(Cl)c1Oc1cccc(Cl)c1. The molecule has 0 aliphatic rings. The zero-order valence-corrected chi connectivity index (χ0v) is 13.0. The zero-order valence-electron chi connectivity index (χ0n) is 11.5. The summed E-state index contributed by atoms with van der Waals surface area (Å²) in [7, 11) is 0. The first-order valence-electron chi connectivity index (χ1n) is 6.50. The first-order valence-corrected chi connectivity index (χ1v) is 7.26. The van der Waals surface area contributed by atoms with Crippen LogP contribution < -0.4 is 10.1 Å². The zero-order chi connectivity index (χ0) is 14.5. The lowest BCUT2D eigenvalue weighted by molar-refractivity contribution is 0.470. The van der Waals surface area contributed by atoms with E-state index in [1.807, 2.05) is 36.4 Å². The summed E-state index contributed by atoms with van der Waals surface area (Å²) in [5, 5.41) is 4.59. The lowest BCUT2D eigenvalue weighted by atomic mass is 10.2. The Labute approximate surface area is 129 Å². The molecule has 0 aromatic heterocycles. The summed E-state index contributed by atoms with van der Waals surface area (Å²) in [5.41, 5.74) is 1.02. The molecule has 0 saturated heterocycles. The molecular weight excluding hydrogens is 293 g/mol. The highest BCUT2D eigenvalue weighted by molar-refractivity contribution is 6.32.